The van der Waals surface area contributed by atoms with Crippen molar-refractivity contribution in [2.75, 3.05) is 0 Å². The summed E-state index contributed by atoms with van der Waals surface area (Å²) in [6.07, 6.45) is 1.48. The Morgan fingerprint density at radius 1 is 1.17 bits per heavy atom. The molecule has 0 N–H and O–H groups in total. The lowest BCUT2D eigenvalue weighted by Crippen LogP contribution is -2.11. The molecule has 0 fully saturated rings. The third kappa shape index (κ3) is 1.14. The Morgan fingerprint density at radius 2 is 1.92 bits per heavy atom. The van der Waals surface area contributed by atoms with Gasteiger partial charge in [-0.05, 0) is 24.5 Å². The molecular weight excluding hydrogens is 172 g/mol. The van der Waals surface area contributed by atoms with Gasteiger partial charge in [0.05, 0.1) is 10.6 Å². The van der Waals surface area contributed by atoms with E-state index < -0.39 is 9.84 Å². The van der Waals surface area contributed by atoms with E-state index in [2.05, 4.69) is 0 Å². The molecule has 1 aromatic carbocycles. The standard InChI is InChI=1S/C9H9O2S/c10-12(11)7-3-5-8-4-1-2-6-9(8)12/h1-2,4,6-7H,3,5H2. The van der Waals surface area contributed by atoms with Gasteiger partial charge in [0.2, 0.25) is 0 Å². The van der Waals surface area contributed by atoms with Crippen molar-refractivity contribution in [3.63, 3.8) is 0 Å². The number of fused-ring (bicyclic) bond motifs is 1. The van der Waals surface area contributed by atoms with Crippen LogP contribution in [0.25, 0.3) is 0 Å². The maximum Gasteiger partial charge on any atom is 0.182 e. The van der Waals surface area contributed by atoms with Crippen molar-refractivity contribution < 1.29 is 8.42 Å². The molecular formula is C9H9O2S. The van der Waals surface area contributed by atoms with E-state index in [0.29, 0.717) is 11.3 Å². The highest BCUT2D eigenvalue weighted by atomic mass is 32.2. The highest BCUT2D eigenvalue weighted by Gasteiger charge is 2.22. The number of rotatable bonds is 0. The topological polar surface area (TPSA) is 34.1 Å². The Hall–Kier alpha value is -0.830. The van der Waals surface area contributed by atoms with Crippen LogP contribution in [0.4, 0.5) is 0 Å². The van der Waals surface area contributed by atoms with Crippen LogP contribution in [0.5, 0.6) is 0 Å². The summed E-state index contributed by atoms with van der Waals surface area (Å²) in [6.45, 7) is 0. The number of hydrogen-bond donors (Lipinski definition) is 0. The van der Waals surface area contributed by atoms with Crippen molar-refractivity contribution in [1.29, 1.82) is 0 Å². The van der Waals surface area contributed by atoms with Gasteiger partial charge in [0.25, 0.3) is 0 Å². The molecule has 0 saturated carbocycles. The molecule has 0 aromatic heterocycles. The van der Waals surface area contributed by atoms with Crippen molar-refractivity contribution in [2.45, 2.75) is 17.7 Å². The average Bonchev–Trinajstić information content (AvgIpc) is 2.04. The van der Waals surface area contributed by atoms with Gasteiger partial charge in [-0.2, -0.15) is 0 Å². The lowest BCUT2D eigenvalue weighted by atomic mass is 10.1. The van der Waals surface area contributed by atoms with E-state index >= 15 is 0 Å². The van der Waals surface area contributed by atoms with Crippen LogP contribution >= 0.6 is 0 Å². The normalized spacial score (nSPS) is 20.0. The molecule has 0 spiro atoms. The number of benzene rings is 1. The summed E-state index contributed by atoms with van der Waals surface area (Å²) >= 11 is 0. The zero-order chi connectivity index (χ0) is 8.60. The molecule has 1 radical (unpaired) electrons. The largest absolute Gasteiger partial charge is 0.223 e. The molecule has 12 heavy (non-hydrogen) atoms. The monoisotopic (exact) mass is 181 g/mol. The van der Waals surface area contributed by atoms with Crippen LogP contribution in [0.3, 0.4) is 0 Å². The first-order valence-electron chi connectivity index (χ1n) is 3.86. The third-order valence-corrected chi connectivity index (χ3v) is 3.72. The molecule has 0 saturated heterocycles. The van der Waals surface area contributed by atoms with Gasteiger partial charge in [-0.25, -0.2) is 8.42 Å². The fourth-order valence-electron chi connectivity index (χ4n) is 1.45. The smallest absolute Gasteiger partial charge is 0.182 e. The van der Waals surface area contributed by atoms with Crippen molar-refractivity contribution >= 4 is 9.84 Å². The first-order valence-corrected chi connectivity index (χ1v) is 5.41. The van der Waals surface area contributed by atoms with Crippen LogP contribution in [0.15, 0.2) is 29.2 Å². The zero-order valence-electron chi connectivity index (χ0n) is 6.53. The second-order valence-electron chi connectivity index (χ2n) is 2.86. The second kappa shape index (κ2) is 2.59. The fourth-order valence-corrected chi connectivity index (χ4v) is 2.86. The molecule has 1 heterocycles. The van der Waals surface area contributed by atoms with Gasteiger partial charge >= 0.3 is 0 Å². The van der Waals surface area contributed by atoms with E-state index in [1.165, 1.54) is 5.75 Å². The molecule has 1 aliphatic rings. The van der Waals surface area contributed by atoms with Crippen molar-refractivity contribution in [1.82, 2.24) is 0 Å². The number of aryl methyl sites for hydroxylation is 1. The quantitative estimate of drug-likeness (QED) is 0.608. The van der Waals surface area contributed by atoms with Crippen molar-refractivity contribution in [2.24, 2.45) is 0 Å². The summed E-state index contributed by atoms with van der Waals surface area (Å²) in [7, 11) is -3.07. The van der Waals surface area contributed by atoms with Gasteiger partial charge < -0.3 is 0 Å². The van der Waals surface area contributed by atoms with E-state index in [9.17, 15) is 8.42 Å². The van der Waals surface area contributed by atoms with Crippen LogP contribution in [0.1, 0.15) is 12.0 Å². The lowest BCUT2D eigenvalue weighted by Gasteiger charge is -2.14. The zero-order valence-corrected chi connectivity index (χ0v) is 7.34. The summed E-state index contributed by atoms with van der Waals surface area (Å²) in [6, 6.07) is 7.18. The average molecular weight is 181 g/mol. The van der Waals surface area contributed by atoms with Gasteiger partial charge in [0.1, 0.15) is 0 Å². The molecule has 2 rings (SSSR count). The molecule has 63 valence electrons. The van der Waals surface area contributed by atoms with Crippen molar-refractivity contribution in [3.05, 3.63) is 35.6 Å². The van der Waals surface area contributed by atoms with Crippen LogP contribution < -0.4 is 0 Å². The summed E-state index contributed by atoms with van der Waals surface area (Å²) in [5, 5.41) is 0. The molecule has 0 unspecified atom stereocenters. The van der Waals surface area contributed by atoms with Crippen LogP contribution in [0, 0.1) is 5.75 Å². The molecule has 1 aromatic rings. The number of hydrogen-bond acceptors (Lipinski definition) is 2. The minimum atomic E-state index is -3.07. The Labute approximate surface area is 72.1 Å². The highest BCUT2D eigenvalue weighted by molar-refractivity contribution is 7.93. The van der Waals surface area contributed by atoms with Crippen molar-refractivity contribution in [3.8, 4) is 0 Å². The lowest BCUT2D eigenvalue weighted by molar-refractivity contribution is 0.594. The highest BCUT2D eigenvalue weighted by Crippen LogP contribution is 2.26. The predicted molar refractivity (Wildman–Crippen MR) is 46.2 cm³/mol. The summed E-state index contributed by atoms with van der Waals surface area (Å²) < 4.78 is 22.8. The SMILES string of the molecule is O=S1(=O)[CH]CCc2ccccc21. The fraction of sp³-hybridized carbons (Fsp3) is 0.222. The van der Waals surface area contributed by atoms with Gasteiger partial charge in [-0.3, -0.25) is 0 Å². The first kappa shape index (κ1) is 7.80. The Bertz CT molecular complexity index is 393. The Kier molecular flexibility index (Phi) is 1.68. The molecule has 0 bridgehead atoms. The molecule has 0 atom stereocenters. The predicted octanol–water partition coefficient (Wildman–Crippen LogP) is 1.57. The maximum absolute atomic E-state index is 11.4. The summed E-state index contributed by atoms with van der Waals surface area (Å²) in [5.74, 6) is 1.40. The second-order valence-corrected chi connectivity index (χ2v) is 4.72. The number of sulfone groups is 1. The van der Waals surface area contributed by atoms with E-state index in [1.807, 2.05) is 12.1 Å². The van der Waals surface area contributed by atoms with E-state index in [4.69, 9.17) is 0 Å². The molecule has 2 nitrogen and oxygen atoms in total. The molecule has 0 amide bonds. The van der Waals surface area contributed by atoms with Gasteiger partial charge in [-0.1, -0.05) is 18.2 Å². The van der Waals surface area contributed by atoms with E-state index in [1.54, 1.807) is 12.1 Å². The molecule has 1 aliphatic heterocycles. The minimum Gasteiger partial charge on any atom is -0.223 e. The van der Waals surface area contributed by atoms with Gasteiger partial charge in [0, 0.05) is 0 Å². The minimum absolute atomic E-state index is 0.483. The Balaban J connectivity index is 2.67. The molecule has 3 heteroatoms. The van der Waals surface area contributed by atoms with E-state index in [0.717, 1.165) is 12.0 Å². The van der Waals surface area contributed by atoms with Crippen LogP contribution in [-0.2, 0) is 16.3 Å². The molecule has 0 aliphatic carbocycles. The van der Waals surface area contributed by atoms with Gasteiger partial charge in [0.15, 0.2) is 9.84 Å². The third-order valence-electron chi connectivity index (χ3n) is 2.03. The maximum atomic E-state index is 11.4. The van der Waals surface area contributed by atoms with E-state index in [-0.39, 0.29) is 0 Å². The van der Waals surface area contributed by atoms with Gasteiger partial charge in [-0.15, -0.1) is 0 Å². The van der Waals surface area contributed by atoms with Crippen LogP contribution in [-0.4, -0.2) is 8.42 Å². The summed E-state index contributed by atoms with van der Waals surface area (Å²) in [4.78, 5) is 0.483. The first-order chi connectivity index (χ1) is 5.70. The van der Waals surface area contributed by atoms with Crippen LogP contribution in [0.2, 0.25) is 0 Å². The summed E-state index contributed by atoms with van der Waals surface area (Å²) in [5.41, 5.74) is 0.944. The Morgan fingerprint density at radius 3 is 2.67 bits per heavy atom.